The molecule has 0 amide bonds. The summed E-state index contributed by atoms with van der Waals surface area (Å²) in [6.45, 7) is 0.0399. The van der Waals surface area contributed by atoms with Gasteiger partial charge in [-0.25, -0.2) is 0 Å². The quantitative estimate of drug-likeness (QED) is 0.595. The zero-order chi connectivity index (χ0) is 7.68. The molecule has 2 unspecified atom stereocenters. The Morgan fingerprint density at radius 2 is 2.45 bits per heavy atom. The van der Waals surface area contributed by atoms with Gasteiger partial charge in [-0.15, -0.1) is 0 Å². The minimum absolute atomic E-state index is 0.0399. The first kappa shape index (κ1) is 6.80. The maximum atomic E-state index is 8.79. The molecule has 11 heavy (non-hydrogen) atoms. The molecule has 0 saturated heterocycles. The Balaban J connectivity index is 2.17. The first-order valence-electron chi connectivity index (χ1n) is 3.92. The van der Waals surface area contributed by atoms with Crippen LogP contribution in [-0.4, -0.2) is 17.9 Å². The van der Waals surface area contributed by atoms with Gasteiger partial charge in [-0.3, -0.25) is 4.99 Å². The Kier molecular flexibility index (Phi) is 1.62. The molecule has 1 aliphatic carbocycles. The van der Waals surface area contributed by atoms with E-state index >= 15 is 0 Å². The summed E-state index contributed by atoms with van der Waals surface area (Å²) in [5, 5.41) is 8.79. The lowest BCUT2D eigenvalue weighted by Gasteiger charge is -1.95. The van der Waals surface area contributed by atoms with Crippen molar-refractivity contribution >= 4 is 6.21 Å². The monoisotopic (exact) mass is 149 g/mol. The number of allylic oxidation sites excluding steroid dienone is 3. The van der Waals surface area contributed by atoms with Crippen LogP contribution in [0.4, 0.5) is 0 Å². The molecule has 0 bridgehead atoms. The Labute approximate surface area is 66.0 Å². The van der Waals surface area contributed by atoms with Crippen molar-refractivity contribution in [1.82, 2.24) is 0 Å². The van der Waals surface area contributed by atoms with E-state index < -0.39 is 0 Å². The fourth-order valence-corrected chi connectivity index (χ4v) is 1.27. The average molecular weight is 149 g/mol. The smallest absolute Gasteiger partial charge is 0.0852 e. The van der Waals surface area contributed by atoms with Crippen molar-refractivity contribution in [3.63, 3.8) is 0 Å². The Morgan fingerprint density at radius 3 is 3.27 bits per heavy atom. The third-order valence-corrected chi connectivity index (χ3v) is 2.13. The summed E-state index contributed by atoms with van der Waals surface area (Å²) in [7, 11) is 0. The minimum atomic E-state index is 0.0399. The van der Waals surface area contributed by atoms with E-state index in [1.165, 1.54) is 6.42 Å². The Hall–Kier alpha value is -0.890. The van der Waals surface area contributed by atoms with Gasteiger partial charge in [0, 0.05) is 12.1 Å². The second-order valence-corrected chi connectivity index (χ2v) is 3.04. The molecule has 1 N–H and O–H groups in total. The number of aliphatic hydroxyl groups is 1. The molecule has 0 spiro atoms. The van der Waals surface area contributed by atoms with Gasteiger partial charge in [-0.2, -0.15) is 0 Å². The molecule has 2 atom stereocenters. The molecule has 1 fully saturated rings. The van der Waals surface area contributed by atoms with Gasteiger partial charge in [0.15, 0.2) is 0 Å². The molecular formula is C9H11NO. The van der Waals surface area contributed by atoms with Gasteiger partial charge in [0.25, 0.3) is 0 Å². The normalized spacial score (nSPS) is 44.3. The van der Waals surface area contributed by atoms with E-state index in [9.17, 15) is 0 Å². The summed E-state index contributed by atoms with van der Waals surface area (Å²) in [4.78, 5) is 4.16. The van der Waals surface area contributed by atoms with E-state index in [0.717, 1.165) is 11.6 Å². The predicted octanol–water partition coefficient (Wildman–Crippen LogP) is 1.14. The zero-order valence-electron chi connectivity index (χ0n) is 6.27. The highest BCUT2D eigenvalue weighted by molar-refractivity contribution is 5.67. The maximum absolute atomic E-state index is 8.79. The van der Waals surface area contributed by atoms with E-state index in [1.807, 2.05) is 18.4 Å². The van der Waals surface area contributed by atoms with Crippen LogP contribution < -0.4 is 0 Å². The van der Waals surface area contributed by atoms with Crippen LogP contribution in [0, 0.1) is 11.8 Å². The Morgan fingerprint density at radius 1 is 1.55 bits per heavy atom. The van der Waals surface area contributed by atoms with Crippen LogP contribution in [0.25, 0.3) is 0 Å². The van der Waals surface area contributed by atoms with Gasteiger partial charge in [0.1, 0.15) is 0 Å². The van der Waals surface area contributed by atoms with Crippen molar-refractivity contribution in [3.8, 4) is 0 Å². The van der Waals surface area contributed by atoms with Gasteiger partial charge in [0.05, 0.1) is 12.3 Å². The van der Waals surface area contributed by atoms with Crippen LogP contribution in [-0.2, 0) is 0 Å². The molecule has 2 rings (SSSR count). The lowest BCUT2D eigenvalue weighted by molar-refractivity contribution is 0.330. The molecular weight excluding hydrogens is 138 g/mol. The molecule has 58 valence electrons. The number of aliphatic hydroxyl groups excluding tert-OH is 1. The van der Waals surface area contributed by atoms with Gasteiger partial charge in [-0.05, 0) is 18.4 Å². The molecule has 0 aromatic heterocycles. The van der Waals surface area contributed by atoms with Gasteiger partial charge >= 0.3 is 0 Å². The number of hydrogen-bond acceptors (Lipinski definition) is 2. The number of nitrogens with zero attached hydrogens (tertiary/aromatic N) is 1. The fraction of sp³-hybridized carbons (Fsp3) is 0.444. The maximum Gasteiger partial charge on any atom is 0.0852 e. The first-order chi connectivity index (χ1) is 5.40. The van der Waals surface area contributed by atoms with E-state index in [1.54, 1.807) is 0 Å². The highest BCUT2D eigenvalue weighted by atomic mass is 16.3. The molecule has 1 heterocycles. The van der Waals surface area contributed by atoms with Crippen molar-refractivity contribution in [2.75, 3.05) is 6.61 Å². The minimum Gasteiger partial charge on any atom is -0.390 e. The van der Waals surface area contributed by atoms with Crippen LogP contribution in [0.1, 0.15) is 6.42 Å². The van der Waals surface area contributed by atoms with Crippen LogP contribution in [0.15, 0.2) is 28.9 Å². The van der Waals surface area contributed by atoms with Gasteiger partial charge in [0.2, 0.25) is 0 Å². The summed E-state index contributed by atoms with van der Waals surface area (Å²) in [6.07, 6.45) is 9.23. The fourth-order valence-electron chi connectivity index (χ4n) is 1.27. The van der Waals surface area contributed by atoms with Crippen LogP contribution >= 0.6 is 0 Å². The van der Waals surface area contributed by atoms with Gasteiger partial charge < -0.3 is 5.11 Å². The molecule has 2 nitrogen and oxygen atoms in total. The van der Waals surface area contributed by atoms with Crippen LogP contribution in [0.5, 0.6) is 0 Å². The van der Waals surface area contributed by atoms with Crippen molar-refractivity contribution in [1.29, 1.82) is 0 Å². The third kappa shape index (κ3) is 1.40. The highest BCUT2D eigenvalue weighted by Gasteiger charge is 2.33. The lowest BCUT2D eigenvalue weighted by atomic mass is 10.2. The third-order valence-electron chi connectivity index (χ3n) is 2.13. The second kappa shape index (κ2) is 2.62. The second-order valence-electron chi connectivity index (χ2n) is 3.04. The standard InChI is InChI=1S/C9H11NO/c11-6-9-3-1-2-7-4-8(7)5-10-9/h1-3,5,7-8,11H,4,6H2/b2-1-,9-3-,10-5-. The summed E-state index contributed by atoms with van der Waals surface area (Å²) >= 11 is 0. The largest absolute Gasteiger partial charge is 0.390 e. The number of aliphatic imine (C=N–C) groups is 1. The summed E-state index contributed by atoms with van der Waals surface area (Å²) < 4.78 is 0. The molecule has 1 saturated carbocycles. The molecule has 0 radical (unpaired) electrons. The molecule has 0 aromatic rings. The number of rotatable bonds is 1. The summed E-state index contributed by atoms with van der Waals surface area (Å²) in [6, 6.07) is 0. The molecule has 1 aliphatic heterocycles. The van der Waals surface area contributed by atoms with Crippen LogP contribution in [0.2, 0.25) is 0 Å². The summed E-state index contributed by atoms with van der Waals surface area (Å²) in [5.74, 6) is 1.36. The van der Waals surface area contributed by atoms with Crippen molar-refractivity contribution in [2.24, 2.45) is 16.8 Å². The zero-order valence-corrected chi connectivity index (χ0v) is 6.27. The SMILES string of the molecule is OCC1=C/C=C\C2CC2/C=N\1. The molecule has 2 heteroatoms. The summed E-state index contributed by atoms with van der Waals surface area (Å²) in [5.41, 5.74) is 0.756. The average Bonchev–Trinajstić information content (AvgIpc) is 2.68. The van der Waals surface area contributed by atoms with Crippen molar-refractivity contribution < 1.29 is 5.11 Å². The van der Waals surface area contributed by atoms with Crippen molar-refractivity contribution in [3.05, 3.63) is 23.9 Å². The first-order valence-corrected chi connectivity index (χ1v) is 3.92. The van der Waals surface area contributed by atoms with Gasteiger partial charge in [-0.1, -0.05) is 12.2 Å². The molecule has 0 aromatic carbocycles. The number of fused-ring (bicyclic) bond motifs is 1. The predicted molar refractivity (Wildman–Crippen MR) is 44.4 cm³/mol. The molecule has 2 aliphatic rings. The Bertz CT molecular complexity index is 240. The van der Waals surface area contributed by atoms with Crippen LogP contribution in [0.3, 0.4) is 0 Å². The van der Waals surface area contributed by atoms with Crippen molar-refractivity contribution in [2.45, 2.75) is 6.42 Å². The lowest BCUT2D eigenvalue weighted by Crippen LogP contribution is -1.90. The van der Waals surface area contributed by atoms with E-state index in [2.05, 4.69) is 11.1 Å². The topological polar surface area (TPSA) is 32.6 Å². The number of hydrogen-bond donors (Lipinski definition) is 1. The van der Waals surface area contributed by atoms with E-state index in [0.29, 0.717) is 5.92 Å². The highest BCUT2D eigenvalue weighted by Crippen LogP contribution is 2.38. The van der Waals surface area contributed by atoms with E-state index in [4.69, 9.17) is 5.11 Å². The van der Waals surface area contributed by atoms with E-state index in [-0.39, 0.29) is 6.61 Å².